The lowest BCUT2D eigenvalue weighted by Gasteiger charge is -2.22. The van der Waals surface area contributed by atoms with Crippen LogP contribution in [0.2, 0.25) is 0 Å². The second-order valence-electron chi connectivity index (χ2n) is 5.66. The van der Waals surface area contributed by atoms with Crippen LogP contribution < -0.4 is 5.32 Å². The molecule has 122 valence electrons. The molecule has 6 heteroatoms. The van der Waals surface area contributed by atoms with E-state index in [1.54, 1.807) is 32.5 Å². The molecule has 0 aliphatic carbocycles. The van der Waals surface area contributed by atoms with Gasteiger partial charge in [0, 0.05) is 11.5 Å². The number of rotatable bonds is 7. The van der Waals surface area contributed by atoms with Gasteiger partial charge in [-0.3, -0.25) is 0 Å². The van der Waals surface area contributed by atoms with E-state index in [2.05, 4.69) is 25.2 Å². The van der Waals surface area contributed by atoms with Crippen LogP contribution in [0.25, 0.3) is 0 Å². The Labute approximate surface area is 131 Å². The number of ether oxygens (including phenoxy) is 2. The zero-order valence-electron chi connectivity index (χ0n) is 13.8. The fourth-order valence-electron chi connectivity index (χ4n) is 1.29. The molecule has 0 aromatic rings. The van der Waals surface area contributed by atoms with Crippen LogP contribution >= 0.6 is 11.8 Å². The van der Waals surface area contributed by atoms with Gasteiger partial charge in [0.25, 0.3) is 0 Å². The van der Waals surface area contributed by atoms with Crippen molar-refractivity contribution in [3.8, 4) is 0 Å². The minimum Gasteiger partial charge on any atom is -0.467 e. The number of hydrogen-bond acceptors (Lipinski definition) is 5. The summed E-state index contributed by atoms with van der Waals surface area (Å²) in [6.45, 7) is 9.47. The Bertz CT molecular complexity index is 374. The van der Waals surface area contributed by atoms with Crippen molar-refractivity contribution in [3.05, 3.63) is 11.6 Å². The number of carbonyl (C=O) groups excluding carboxylic acids is 2. The molecule has 0 heterocycles. The fourth-order valence-corrected chi connectivity index (χ4v) is 2.29. The largest absolute Gasteiger partial charge is 0.467 e. The lowest BCUT2D eigenvalue weighted by molar-refractivity contribution is -0.142. The zero-order chi connectivity index (χ0) is 16.5. The molecule has 0 saturated heterocycles. The first-order valence-electron chi connectivity index (χ1n) is 7.00. The number of nitrogens with one attached hydrogen (secondary N) is 1. The van der Waals surface area contributed by atoms with E-state index in [9.17, 15) is 9.59 Å². The van der Waals surface area contributed by atoms with Crippen LogP contribution in [-0.4, -0.2) is 42.3 Å². The molecule has 0 radical (unpaired) electrons. The van der Waals surface area contributed by atoms with Gasteiger partial charge >= 0.3 is 12.1 Å². The van der Waals surface area contributed by atoms with Crippen LogP contribution in [0.4, 0.5) is 4.79 Å². The van der Waals surface area contributed by atoms with E-state index in [0.29, 0.717) is 5.75 Å². The first-order chi connectivity index (χ1) is 9.69. The highest BCUT2D eigenvalue weighted by Gasteiger charge is 2.24. The highest BCUT2D eigenvalue weighted by molar-refractivity contribution is 7.99. The van der Waals surface area contributed by atoms with Crippen LogP contribution in [0, 0.1) is 0 Å². The smallest absolute Gasteiger partial charge is 0.408 e. The van der Waals surface area contributed by atoms with Gasteiger partial charge in [-0.05, 0) is 34.1 Å². The average Bonchev–Trinajstić information content (AvgIpc) is 2.38. The van der Waals surface area contributed by atoms with Gasteiger partial charge in [0.1, 0.15) is 11.6 Å². The molecular weight excluding hydrogens is 290 g/mol. The number of hydrogen-bond donors (Lipinski definition) is 1. The summed E-state index contributed by atoms with van der Waals surface area (Å²) in [4.78, 5) is 23.4. The monoisotopic (exact) mass is 317 g/mol. The van der Waals surface area contributed by atoms with Crippen molar-refractivity contribution < 1.29 is 19.1 Å². The lowest BCUT2D eigenvalue weighted by atomic mass is 10.2. The minimum absolute atomic E-state index is 0.444. The number of thioether (sulfide) groups is 1. The van der Waals surface area contributed by atoms with E-state index in [4.69, 9.17) is 9.47 Å². The topological polar surface area (TPSA) is 64.6 Å². The number of methoxy groups -OCH3 is 1. The molecule has 0 unspecified atom stereocenters. The molecule has 0 spiro atoms. The van der Waals surface area contributed by atoms with Gasteiger partial charge in [0.2, 0.25) is 0 Å². The quantitative estimate of drug-likeness (QED) is 0.444. The van der Waals surface area contributed by atoms with Crippen LogP contribution in [0.5, 0.6) is 0 Å². The lowest BCUT2D eigenvalue weighted by Crippen LogP contribution is -2.45. The van der Waals surface area contributed by atoms with E-state index >= 15 is 0 Å². The first kappa shape index (κ1) is 19.8. The van der Waals surface area contributed by atoms with Crippen molar-refractivity contribution in [2.45, 2.75) is 52.7 Å². The van der Waals surface area contributed by atoms with Gasteiger partial charge in [-0.2, -0.15) is 11.8 Å². The van der Waals surface area contributed by atoms with E-state index in [1.165, 1.54) is 12.7 Å². The molecule has 5 nitrogen and oxygen atoms in total. The molecular formula is C15H27NO4S. The summed E-state index contributed by atoms with van der Waals surface area (Å²) >= 11 is 1.56. The molecule has 1 atom stereocenters. The Morgan fingerprint density at radius 1 is 1.33 bits per heavy atom. The number of alkyl carbamates (subject to hydrolysis) is 1. The second-order valence-corrected chi connectivity index (χ2v) is 6.74. The van der Waals surface area contributed by atoms with Gasteiger partial charge < -0.3 is 14.8 Å². The highest BCUT2D eigenvalue weighted by atomic mass is 32.2. The molecule has 0 aliphatic rings. The molecule has 0 aromatic heterocycles. The SMILES string of the molecule is CCC(C)=CCSC[C@H](NC(=O)OC(C)(C)C)C(=O)OC. The standard InChI is InChI=1S/C15H27NO4S/c1-7-11(2)8-9-21-10-12(13(17)19-6)16-14(18)20-15(3,4)5/h8,12H,7,9-10H2,1-6H3,(H,16,18)/t12-/m0/s1. The maximum Gasteiger partial charge on any atom is 0.408 e. The number of carbonyl (C=O) groups is 2. The zero-order valence-corrected chi connectivity index (χ0v) is 14.6. The molecule has 0 aromatic carbocycles. The van der Waals surface area contributed by atoms with Crippen molar-refractivity contribution in [3.63, 3.8) is 0 Å². The van der Waals surface area contributed by atoms with Gasteiger partial charge in [0.05, 0.1) is 7.11 Å². The highest BCUT2D eigenvalue weighted by Crippen LogP contribution is 2.10. The van der Waals surface area contributed by atoms with Crippen molar-refractivity contribution >= 4 is 23.8 Å². The van der Waals surface area contributed by atoms with Gasteiger partial charge in [0.15, 0.2) is 0 Å². The molecule has 0 rings (SSSR count). The predicted octanol–water partition coefficient (Wildman–Crippen LogP) is 3.14. The third-order valence-corrected chi connectivity index (χ3v) is 3.54. The Morgan fingerprint density at radius 3 is 2.43 bits per heavy atom. The molecule has 0 aliphatic heterocycles. The number of esters is 1. The van der Waals surface area contributed by atoms with E-state index in [-0.39, 0.29) is 0 Å². The summed E-state index contributed by atoms with van der Waals surface area (Å²) < 4.78 is 9.85. The minimum atomic E-state index is -0.704. The molecule has 0 fully saturated rings. The van der Waals surface area contributed by atoms with Crippen molar-refractivity contribution in [1.82, 2.24) is 5.32 Å². The van der Waals surface area contributed by atoms with E-state index < -0.39 is 23.7 Å². The summed E-state index contributed by atoms with van der Waals surface area (Å²) in [7, 11) is 1.30. The number of amides is 1. The molecule has 0 saturated carbocycles. The maximum absolute atomic E-state index is 11.7. The first-order valence-corrected chi connectivity index (χ1v) is 8.15. The van der Waals surface area contributed by atoms with Crippen LogP contribution in [0.3, 0.4) is 0 Å². The average molecular weight is 317 g/mol. The predicted molar refractivity (Wildman–Crippen MR) is 86.5 cm³/mol. The summed E-state index contributed by atoms with van der Waals surface area (Å²) in [6.07, 6.45) is 2.52. The third kappa shape index (κ3) is 10.2. The van der Waals surface area contributed by atoms with Crippen LogP contribution in [0.15, 0.2) is 11.6 Å². The third-order valence-electron chi connectivity index (χ3n) is 2.57. The molecule has 0 bridgehead atoms. The van der Waals surface area contributed by atoms with Crippen molar-refractivity contribution in [2.24, 2.45) is 0 Å². The number of allylic oxidation sites excluding steroid dienone is 1. The van der Waals surface area contributed by atoms with Crippen LogP contribution in [-0.2, 0) is 14.3 Å². The van der Waals surface area contributed by atoms with Crippen molar-refractivity contribution in [2.75, 3.05) is 18.6 Å². The normalized spacial score (nSPS) is 13.5. The van der Waals surface area contributed by atoms with Crippen LogP contribution in [0.1, 0.15) is 41.0 Å². The molecule has 21 heavy (non-hydrogen) atoms. The summed E-state index contributed by atoms with van der Waals surface area (Å²) in [5, 5.41) is 2.55. The van der Waals surface area contributed by atoms with Crippen molar-refractivity contribution in [1.29, 1.82) is 0 Å². The van der Waals surface area contributed by atoms with Gasteiger partial charge in [-0.25, -0.2) is 9.59 Å². The second kappa shape index (κ2) is 9.71. The Hall–Kier alpha value is -1.17. The Balaban J connectivity index is 4.40. The molecule has 1 N–H and O–H groups in total. The van der Waals surface area contributed by atoms with E-state index in [0.717, 1.165) is 12.2 Å². The summed E-state index contributed by atoms with van der Waals surface area (Å²) in [6, 6.07) is -0.704. The maximum atomic E-state index is 11.7. The molecule has 1 amide bonds. The van der Waals surface area contributed by atoms with Gasteiger partial charge in [-0.15, -0.1) is 0 Å². The summed E-state index contributed by atoms with van der Waals surface area (Å²) in [5.74, 6) is 0.771. The fraction of sp³-hybridized carbons (Fsp3) is 0.733. The Kier molecular flexibility index (Phi) is 9.17. The van der Waals surface area contributed by atoms with E-state index in [1.807, 2.05) is 0 Å². The Morgan fingerprint density at radius 2 is 1.95 bits per heavy atom. The summed E-state index contributed by atoms with van der Waals surface area (Å²) in [5.41, 5.74) is 0.705. The van der Waals surface area contributed by atoms with Gasteiger partial charge in [-0.1, -0.05) is 18.6 Å².